The number of aromatic nitrogens is 1. The van der Waals surface area contributed by atoms with Crippen molar-refractivity contribution in [3.63, 3.8) is 0 Å². The lowest BCUT2D eigenvalue weighted by molar-refractivity contribution is 0.0941. The molecule has 0 spiro atoms. The number of hydrazine groups is 1. The molecule has 0 radical (unpaired) electrons. The Morgan fingerprint density at radius 1 is 1.04 bits per heavy atom. The van der Waals surface area contributed by atoms with Crippen LogP contribution in [0.2, 0.25) is 0 Å². The molecule has 1 aromatic heterocycles. The van der Waals surface area contributed by atoms with Crippen LogP contribution in [0.3, 0.4) is 0 Å². The number of pyridine rings is 1. The Morgan fingerprint density at radius 2 is 1.83 bits per heavy atom. The Kier molecular flexibility index (Phi) is 4.24. The summed E-state index contributed by atoms with van der Waals surface area (Å²) >= 11 is 0. The second-order valence-corrected chi connectivity index (χ2v) is 6.58. The Bertz CT molecular complexity index is 1020. The van der Waals surface area contributed by atoms with Gasteiger partial charge >= 0.3 is 0 Å². The van der Waals surface area contributed by atoms with E-state index >= 15 is 0 Å². The van der Waals surface area contributed by atoms with E-state index in [0.29, 0.717) is 10.9 Å². The number of amides is 1. The highest BCUT2D eigenvalue weighted by Crippen LogP contribution is 2.16. The molecule has 0 unspecified atom stereocenters. The van der Waals surface area contributed by atoms with Gasteiger partial charge in [-0.1, -0.05) is 18.2 Å². The molecule has 2 aromatic carbocycles. The molecular weight excluding hydrogens is 333 g/mol. The lowest BCUT2D eigenvalue weighted by Crippen LogP contribution is -2.41. The minimum atomic E-state index is -4.00. The van der Waals surface area contributed by atoms with Crippen LogP contribution in [0.25, 0.3) is 10.9 Å². The summed E-state index contributed by atoms with van der Waals surface area (Å²) in [7, 11) is -4.00. The number of nitrogens with zero attached hydrogens (tertiary/aromatic N) is 1. The molecule has 122 valence electrons. The Hall–Kier alpha value is -2.84. The summed E-state index contributed by atoms with van der Waals surface area (Å²) in [4.78, 5) is 17.9. The molecule has 0 atom stereocenters. The molecule has 0 saturated carbocycles. The fraction of sp³-hybridized carbons (Fsp3) is 0. The summed E-state index contributed by atoms with van der Waals surface area (Å²) in [5, 5.41) is 0.640. The van der Waals surface area contributed by atoms with Gasteiger partial charge in [-0.3, -0.25) is 15.2 Å². The van der Waals surface area contributed by atoms with Crippen molar-refractivity contribution in [2.24, 2.45) is 0 Å². The number of nitrogens with one attached hydrogen (secondary N) is 2. The summed E-state index contributed by atoms with van der Waals surface area (Å²) in [5.41, 5.74) is 2.38. The molecule has 1 amide bonds. The van der Waals surface area contributed by atoms with Crippen LogP contribution in [0.5, 0.6) is 0 Å². The summed E-state index contributed by atoms with van der Waals surface area (Å²) in [6, 6.07) is 13.0. The minimum absolute atomic E-state index is 0.0446. The van der Waals surface area contributed by atoms with Crippen molar-refractivity contribution in [3.05, 3.63) is 72.2 Å². The maximum absolute atomic E-state index is 13.5. The molecule has 0 aliphatic carbocycles. The number of fused-ring (bicyclic) bond motifs is 1. The average molecular weight is 345 g/mol. The maximum atomic E-state index is 13.5. The van der Waals surface area contributed by atoms with Crippen LogP contribution in [-0.2, 0) is 10.0 Å². The van der Waals surface area contributed by atoms with Crippen molar-refractivity contribution in [1.82, 2.24) is 15.2 Å². The molecule has 3 aromatic rings. The average Bonchev–Trinajstić information content (AvgIpc) is 2.60. The van der Waals surface area contributed by atoms with Crippen LogP contribution in [-0.4, -0.2) is 19.3 Å². The van der Waals surface area contributed by atoms with E-state index in [2.05, 4.69) is 4.98 Å². The molecule has 6 nitrogen and oxygen atoms in total. The second kappa shape index (κ2) is 6.34. The van der Waals surface area contributed by atoms with Crippen LogP contribution in [0.15, 0.2) is 65.7 Å². The zero-order valence-electron chi connectivity index (χ0n) is 12.2. The van der Waals surface area contributed by atoms with Gasteiger partial charge in [0.15, 0.2) is 0 Å². The number of sulfonamides is 1. The van der Waals surface area contributed by atoms with Gasteiger partial charge in [0.25, 0.3) is 15.9 Å². The van der Waals surface area contributed by atoms with E-state index < -0.39 is 21.7 Å². The van der Waals surface area contributed by atoms with Crippen molar-refractivity contribution in [1.29, 1.82) is 0 Å². The minimum Gasteiger partial charge on any atom is -0.273 e. The normalized spacial score (nSPS) is 11.4. The number of hydrogen-bond donors (Lipinski definition) is 2. The van der Waals surface area contributed by atoms with E-state index in [4.69, 9.17) is 0 Å². The Balaban J connectivity index is 1.80. The third-order valence-corrected chi connectivity index (χ3v) is 4.55. The van der Waals surface area contributed by atoms with Gasteiger partial charge in [-0.25, -0.2) is 12.8 Å². The van der Waals surface area contributed by atoms with Crippen LogP contribution in [0.4, 0.5) is 4.39 Å². The summed E-state index contributed by atoms with van der Waals surface area (Å²) in [6.07, 6.45) is 1.60. The lowest BCUT2D eigenvalue weighted by atomic mass is 10.2. The van der Waals surface area contributed by atoms with Crippen molar-refractivity contribution in [2.45, 2.75) is 4.90 Å². The van der Waals surface area contributed by atoms with Gasteiger partial charge in [-0.2, -0.15) is 0 Å². The molecule has 0 bridgehead atoms. The van der Waals surface area contributed by atoms with Gasteiger partial charge in [-0.05, 0) is 36.4 Å². The zero-order chi connectivity index (χ0) is 17.2. The number of carbonyl (C=O) groups excluding carboxylic acids is 1. The van der Waals surface area contributed by atoms with Crippen molar-refractivity contribution in [2.75, 3.05) is 0 Å². The molecule has 3 rings (SSSR count). The van der Waals surface area contributed by atoms with Crippen LogP contribution in [0.1, 0.15) is 10.4 Å². The van der Waals surface area contributed by atoms with Gasteiger partial charge < -0.3 is 0 Å². The third kappa shape index (κ3) is 3.24. The van der Waals surface area contributed by atoms with Crippen LogP contribution < -0.4 is 10.3 Å². The molecule has 0 saturated heterocycles. The molecule has 1 heterocycles. The van der Waals surface area contributed by atoms with Crippen LogP contribution >= 0.6 is 0 Å². The molecule has 0 fully saturated rings. The molecule has 0 aliphatic rings. The highest BCUT2D eigenvalue weighted by molar-refractivity contribution is 7.89. The van der Waals surface area contributed by atoms with E-state index in [1.807, 2.05) is 10.3 Å². The quantitative estimate of drug-likeness (QED) is 0.708. The molecular formula is C16H12FN3O3S. The smallest absolute Gasteiger partial charge is 0.269 e. The van der Waals surface area contributed by atoms with E-state index in [1.54, 1.807) is 24.4 Å². The van der Waals surface area contributed by atoms with Gasteiger partial charge in [0, 0.05) is 11.6 Å². The lowest BCUT2D eigenvalue weighted by Gasteiger charge is -2.09. The predicted molar refractivity (Wildman–Crippen MR) is 85.9 cm³/mol. The first-order chi connectivity index (χ1) is 11.5. The summed E-state index contributed by atoms with van der Waals surface area (Å²) < 4.78 is 38.0. The van der Waals surface area contributed by atoms with Gasteiger partial charge in [0.2, 0.25) is 0 Å². The highest BCUT2D eigenvalue weighted by atomic mass is 32.2. The monoisotopic (exact) mass is 345 g/mol. The first-order valence-electron chi connectivity index (χ1n) is 6.89. The highest BCUT2D eigenvalue weighted by Gasteiger charge is 2.17. The van der Waals surface area contributed by atoms with Crippen molar-refractivity contribution in [3.8, 4) is 0 Å². The van der Waals surface area contributed by atoms with Crippen molar-refractivity contribution >= 4 is 26.8 Å². The van der Waals surface area contributed by atoms with Crippen molar-refractivity contribution < 1.29 is 17.6 Å². The fourth-order valence-electron chi connectivity index (χ4n) is 2.11. The molecule has 8 heteroatoms. The second-order valence-electron chi connectivity index (χ2n) is 4.90. The SMILES string of the molecule is O=C(NNS(=O)(=O)c1ccc2ncccc2c1)c1ccccc1F. The third-order valence-electron chi connectivity index (χ3n) is 3.30. The van der Waals surface area contributed by atoms with E-state index in [-0.39, 0.29) is 10.5 Å². The fourth-order valence-corrected chi connectivity index (χ4v) is 2.98. The van der Waals surface area contributed by atoms with E-state index in [1.165, 1.54) is 30.3 Å². The number of carbonyl (C=O) groups is 1. The largest absolute Gasteiger partial charge is 0.273 e. The number of benzene rings is 2. The van der Waals surface area contributed by atoms with Gasteiger partial charge in [0.05, 0.1) is 16.0 Å². The Morgan fingerprint density at radius 3 is 2.62 bits per heavy atom. The predicted octanol–water partition coefficient (Wildman–Crippen LogP) is 2.00. The topological polar surface area (TPSA) is 88.2 Å². The first-order valence-corrected chi connectivity index (χ1v) is 8.37. The first kappa shape index (κ1) is 16.0. The van der Waals surface area contributed by atoms with Gasteiger partial charge in [0.1, 0.15) is 5.82 Å². The summed E-state index contributed by atoms with van der Waals surface area (Å²) in [5.74, 6) is -1.63. The van der Waals surface area contributed by atoms with Gasteiger partial charge in [-0.15, -0.1) is 4.83 Å². The summed E-state index contributed by atoms with van der Waals surface area (Å²) in [6.45, 7) is 0. The van der Waals surface area contributed by atoms with E-state index in [9.17, 15) is 17.6 Å². The molecule has 0 aliphatic heterocycles. The van der Waals surface area contributed by atoms with Crippen LogP contribution in [0, 0.1) is 5.82 Å². The maximum Gasteiger partial charge on any atom is 0.269 e. The number of hydrogen-bond acceptors (Lipinski definition) is 4. The zero-order valence-corrected chi connectivity index (χ0v) is 13.0. The standard InChI is InChI=1S/C16H12FN3O3S/c17-14-6-2-1-5-13(14)16(21)19-20-24(22,23)12-7-8-15-11(10-12)4-3-9-18-15/h1-10,20H,(H,19,21). The Labute approximate surface area is 137 Å². The number of halogens is 1. The number of rotatable bonds is 4. The van der Waals surface area contributed by atoms with E-state index in [0.717, 1.165) is 6.07 Å². The molecule has 24 heavy (non-hydrogen) atoms. The molecule has 2 N–H and O–H groups in total.